The fraction of sp³-hybridized carbons (Fsp3) is 0.222. The van der Waals surface area contributed by atoms with Crippen molar-refractivity contribution < 1.29 is 18.7 Å². The lowest BCUT2D eigenvalue weighted by molar-refractivity contribution is -0.119. The van der Waals surface area contributed by atoms with Crippen molar-refractivity contribution in [2.75, 3.05) is 25.3 Å². The highest BCUT2D eigenvalue weighted by molar-refractivity contribution is 7.99. The zero-order chi connectivity index (χ0) is 20.5. The highest BCUT2D eigenvalue weighted by atomic mass is 35.5. The zero-order valence-electron chi connectivity index (χ0n) is 15.2. The first kappa shape index (κ1) is 22.1. The molecule has 28 heavy (non-hydrogen) atoms. The molecule has 0 aliphatic heterocycles. The molecule has 0 saturated heterocycles. The molecule has 3 N–H and O–H groups in total. The van der Waals surface area contributed by atoms with Gasteiger partial charge in [-0.1, -0.05) is 17.7 Å². The highest BCUT2D eigenvalue weighted by Gasteiger charge is 2.08. The normalized spacial score (nSPS) is 10.1. The van der Waals surface area contributed by atoms with Gasteiger partial charge < -0.3 is 14.8 Å². The van der Waals surface area contributed by atoms with Crippen molar-refractivity contribution >= 4 is 52.3 Å². The molecule has 0 fully saturated rings. The van der Waals surface area contributed by atoms with E-state index < -0.39 is 5.82 Å². The van der Waals surface area contributed by atoms with E-state index >= 15 is 0 Å². The number of carbonyl (C=O) groups is 1. The third kappa shape index (κ3) is 6.74. The minimum absolute atomic E-state index is 0.176. The van der Waals surface area contributed by atoms with Crippen molar-refractivity contribution in [1.82, 2.24) is 10.9 Å². The van der Waals surface area contributed by atoms with E-state index in [2.05, 4.69) is 16.2 Å². The first-order chi connectivity index (χ1) is 13.4. The molecule has 2 aromatic carbocycles. The van der Waals surface area contributed by atoms with Crippen molar-refractivity contribution in [3.05, 3.63) is 52.8 Å². The van der Waals surface area contributed by atoms with Crippen LogP contribution < -0.4 is 25.6 Å². The zero-order valence-corrected chi connectivity index (χ0v) is 17.6. The second-order valence-electron chi connectivity index (χ2n) is 5.42. The second-order valence-corrected chi connectivity index (χ2v) is 7.22. The molecule has 0 radical (unpaired) electrons. The number of anilines is 1. The number of benzene rings is 2. The van der Waals surface area contributed by atoms with Gasteiger partial charge in [0.1, 0.15) is 17.3 Å². The molecular weight excluding hydrogens is 425 g/mol. The minimum Gasteiger partial charge on any atom is -0.497 e. The summed E-state index contributed by atoms with van der Waals surface area (Å²) in [6.07, 6.45) is 0. The highest BCUT2D eigenvalue weighted by Crippen LogP contribution is 2.28. The summed E-state index contributed by atoms with van der Waals surface area (Å²) in [4.78, 5) is 11.9. The number of ether oxygens (including phenoxy) is 2. The largest absolute Gasteiger partial charge is 0.497 e. The molecule has 1 amide bonds. The lowest BCUT2D eigenvalue weighted by atomic mass is 10.2. The van der Waals surface area contributed by atoms with E-state index in [0.29, 0.717) is 28.0 Å². The molecule has 0 spiro atoms. The maximum Gasteiger partial charge on any atom is 0.248 e. The van der Waals surface area contributed by atoms with Gasteiger partial charge in [0.25, 0.3) is 0 Å². The molecule has 6 nitrogen and oxygen atoms in total. The molecule has 0 aromatic heterocycles. The molecule has 2 rings (SSSR count). The quantitative estimate of drug-likeness (QED) is 0.444. The van der Waals surface area contributed by atoms with Crippen LogP contribution in [0.5, 0.6) is 11.5 Å². The van der Waals surface area contributed by atoms with Gasteiger partial charge in [0.05, 0.1) is 25.7 Å². The number of thioether (sulfide) groups is 1. The van der Waals surface area contributed by atoms with Gasteiger partial charge >= 0.3 is 0 Å². The van der Waals surface area contributed by atoms with Crippen molar-refractivity contribution in [3.63, 3.8) is 0 Å². The van der Waals surface area contributed by atoms with Gasteiger partial charge in [0.15, 0.2) is 5.11 Å². The van der Waals surface area contributed by atoms with Crippen LogP contribution in [0, 0.1) is 5.82 Å². The van der Waals surface area contributed by atoms with Crippen LogP contribution in [0.15, 0.2) is 36.4 Å². The Labute approximate surface area is 177 Å². The number of amides is 1. The summed E-state index contributed by atoms with van der Waals surface area (Å²) in [5, 5.41) is 3.46. The number of rotatable bonds is 7. The van der Waals surface area contributed by atoms with Gasteiger partial charge in [-0.3, -0.25) is 15.6 Å². The van der Waals surface area contributed by atoms with E-state index in [1.807, 2.05) is 0 Å². The molecule has 0 saturated carbocycles. The minimum atomic E-state index is -0.393. The fourth-order valence-corrected chi connectivity index (χ4v) is 3.42. The number of halogens is 2. The van der Waals surface area contributed by atoms with Gasteiger partial charge in [-0.25, -0.2) is 4.39 Å². The van der Waals surface area contributed by atoms with Gasteiger partial charge in [-0.05, 0) is 42.0 Å². The number of hydrogen-bond donors (Lipinski definition) is 3. The molecule has 0 bridgehead atoms. The van der Waals surface area contributed by atoms with Gasteiger partial charge in [0.2, 0.25) is 5.91 Å². The Hall–Kier alpha value is -2.23. The van der Waals surface area contributed by atoms with E-state index in [0.717, 1.165) is 5.56 Å². The molecule has 150 valence electrons. The third-order valence-electron chi connectivity index (χ3n) is 3.48. The van der Waals surface area contributed by atoms with E-state index in [9.17, 15) is 9.18 Å². The Kier molecular flexibility index (Phi) is 8.62. The molecular formula is C18H19ClFN3O3S2. The Morgan fingerprint density at radius 2 is 1.96 bits per heavy atom. The third-order valence-corrected chi connectivity index (χ3v) is 5.02. The Morgan fingerprint density at radius 1 is 1.18 bits per heavy atom. The van der Waals surface area contributed by atoms with Crippen LogP contribution in [0.4, 0.5) is 10.1 Å². The summed E-state index contributed by atoms with van der Waals surface area (Å²) in [7, 11) is 3.09. The summed E-state index contributed by atoms with van der Waals surface area (Å²) in [6.45, 7) is 0. The van der Waals surface area contributed by atoms with Crippen LogP contribution in [0.25, 0.3) is 0 Å². The summed E-state index contributed by atoms with van der Waals surface area (Å²) in [5.41, 5.74) is 6.51. The molecule has 0 atom stereocenters. The monoisotopic (exact) mass is 443 g/mol. The smallest absolute Gasteiger partial charge is 0.248 e. The summed E-state index contributed by atoms with van der Waals surface area (Å²) < 4.78 is 23.4. The van der Waals surface area contributed by atoms with Crippen LogP contribution in [0.2, 0.25) is 5.02 Å². The Balaban J connectivity index is 1.75. The van der Waals surface area contributed by atoms with E-state index in [4.69, 9.17) is 33.3 Å². The van der Waals surface area contributed by atoms with Crippen molar-refractivity contribution in [2.24, 2.45) is 0 Å². The molecule has 0 aliphatic rings. The van der Waals surface area contributed by atoms with E-state index in [1.165, 1.54) is 31.0 Å². The van der Waals surface area contributed by atoms with Crippen LogP contribution in [0.1, 0.15) is 5.56 Å². The summed E-state index contributed by atoms with van der Waals surface area (Å²) in [6, 6.07) is 9.39. The number of nitrogens with one attached hydrogen (secondary N) is 3. The second kappa shape index (κ2) is 10.9. The van der Waals surface area contributed by atoms with Crippen molar-refractivity contribution in [1.29, 1.82) is 0 Å². The van der Waals surface area contributed by atoms with Crippen LogP contribution in [-0.4, -0.2) is 31.0 Å². The maximum absolute atomic E-state index is 13.0. The number of hydrazine groups is 1. The maximum atomic E-state index is 13.0. The van der Waals surface area contributed by atoms with E-state index in [1.54, 1.807) is 31.4 Å². The first-order valence-electron chi connectivity index (χ1n) is 8.02. The number of carbonyl (C=O) groups excluding carboxylic acids is 1. The van der Waals surface area contributed by atoms with E-state index in [-0.39, 0.29) is 16.8 Å². The Bertz CT molecular complexity index is 855. The van der Waals surface area contributed by atoms with Crippen LogP contribution in [-0.2, 0) is 10.5 Å². The first-order valence-corrected chi connectivity index (χ1v) is 9.96. The van der Waals surface area contributed by atoms with Crippen molar-refractivity contribution in [3.8, 4) is 11.5 Å². The summed E-state index contributed by atoms with van der Waals surface area (Å²) in [5.74, 6) is 1.19. The lowest BCUT2D eigenvalue weighted by Crippen LogP contribution is -2.44. The average molecular weight is 444 g/mol. The number of thiocarbonyl (C=S) groups is 1. The molecule has 0 heterocycles. The lowest BCUT2D eigenvalue weighted by Gasteiger charge is -2.14. The van der Waals surface area contributed by atoms with Gasteiger partial charge in [-0.15, -0.1) is 11.8 Å². The predicted octanol–water partition coefficient (Wildman–Crippen LogP) is 3.75. The standard InChI is InChI=1S/C18H19ClFN3O3S2/c1-25-13-5-6-15(16(8-13)26-2)21-18(27)23-22-17(24)10-28-9-11-3-4-12(20)7-14(11)19/h3-8H,9-10H2,1-2H3,(H,22,24)(H2,21,23,27). The SMILES string of the molecule is COc1ccc(NC(=S)NNC(=O)CSCc2ccc(F)cc2Cl)c(OC)c1. The van der Waals surface area contributed by atoms with Gasteiger partial charge in [-0.2, -0.15) is 0 Å². The Morgan fingerprint density at radius 3 is 2.64 bits per heavy atom. The number of methoxy groups -OCH3 is 2. The van der Waals surface area contributed by atoms with Crippen molar-refractivity contribution in [2.45, 2.75) is 5.75 Å². The van der Waals surface area contributed by atoms with Crippen LogP contribution in [0.3, 0.4) is 0 Å². The van der Waals surface area contributed by atoms with Gasteiger partial charge in [0, 0.05) is 16.8 Å². The topological polar surface area (TPSA) is 71.6 Å². The van der Waals surface area contributed by atoms with Crippen LogP contribution >= 0.6 is 35.6 Å². The predicted molar refractivity (Wildman–Crippen MR) is 115 cm³/mol. The number of hydrogen-bond acceptors (Lipinski definition) is 5. The average Bonchev–Trinajstić information content (AvgIpc) is 2.68. The molecule has 0 aliphatic carbocycles. The fourth-order valence-electron chi connectivity index (χ4n) is 2.11. The molecule has 2 aromatic rings. The molecule has 0 unspecified atom stereocenters. The summed E-state index contributed by atoms with van der Waals surface area (Å²) >= 11 is 12.5. The molecule has 10 heteroatoms.